The van der Waals surface area contributed by atoms with E-state index in [2.05, 4.69) is 24.1 Å². The van der Waals surface area contributed by atoms with Crippen molar-refractivity contribution in [2.45, 2.75) is 26.3 Å². The Labute approximate surface area is 165 Å². The summed E-state index contributed by atoms with van der Waals surface area (Å²) >= 11 is 1.45. The molecule has 0 saturated carbocycles. The lowest BCUT2D eigenvalue weighted by Crippen LogP contribution is -2.41. The SMILES string of the molecule is COc1ccc(-c2nc(C(=O)NC(CN)CC(C)C)cs2)cc1.Cl.Cl. The lowest BCUT2D eigenvalue weighted by Gasteiger charge is -2.18. The molecule has 3 N–H and O–H groups in total. The van der Waals surface area contributed by atoms with Gasteiger partial charge in [0.05, 0.1) is 7.11 Å². The summed E-state index contributed by atoms with van der Waals surface area (Å²) in [6, 6.07) is 7.60. The van der Waals surface area contributed by atoms with Crippen molar-refractivity contribution in [3.05, 3.63) is 35.3 Å². The fourth-order valence-corrected chi connectivity index (χ4v) is 3.09. The van der Waals surface area contributed by atoms with Crippen molar-refractivity contribution in [2.24, 2.45) is 11.7 Å². The number of carbonyl (C=O) groups is 1. The number of rotatable bonds is 7. The number of nitrogens with one attached hydrogen (secondary N) is 1. The highest BCUT2D eigenvalue weighted by Crippen LogP contribution is 2.25. The molecule has 1 aromatic carbocycles. The second kappa shape index (κ2) is 11.3. The number of hydrogen-bond acceptors (Lipinski definition) is 5. The quantitative estimate of drug-likeness (QED) is 0.734. The smallest absolute Gasteiger partial charge is 0.271 e. The Morgan fingerprint density at radius 2 is 1.92 bits per heavy atom. The standard InChI is InChI=1S/C17H23N3O2S.2ClH/c1-11(2)8-13(9-18)19-16(21)15-10-23-17(20-15)12-4-6-14(22-3)7-5-12;;/h4-7,10-11,13H,8-9,18H2,1-3H3,(H,19,21);2*1H. The number of aromatic nitrogens is 1. The number of methoxy groups -OCH3 is 1. The van der Waals surface area contributed by atoms with Crippen LogP contribution in [0.1, 0.15) is 30.8 Å². The third-order valence-electron chi connectivity index (χ3n) is 3.45. The van der Waals surface area contributed by atoms with Crippen LogP contribution in [0.4, 0.5) is 0 Å². The van der Waals surface area contributed by atoms with E-state index in [0.717, 1.165) is 22.7 Å². The summed E-state index contributed by atoms with van der Waals surface area (Å²) in [5.74, 6) is 1.11. The van der Waals surface area contributed by atoms with Gasteiger partial charge in [0.2, 0.25) is 0 Å². The van der Waals surface area contributed by atoms with Gasteiger partial charge in [-0.1, -0.05) is 13.8 Å². The molecule has 0 aliphatic rings. The summed E-state index contributed by atoms with van der Waals surface area (Å²) in [6.45, 7) is 4.65. The van der Waals surface area contributed by atoms with Crippen LogP contribution >= 0.6 is 36.2 Å². The third kappa shape index (κ3) is 6.82. The van der Waals surface area contributed by atoms with E-state index >= 15 is 0 Å². The maximum Gasteiger partial charge on any atom is 0.271 e. The topological polar surface area (TPSA) is 77.2 Å². The van der Waals surface area contributed by atoms with Crippen LogP contribution in [0.5, 0.6) is 5.75 Å². The molecule has 2 aromatic rings. The molecule has 1 atom stereocenters. The van der Waals surface area contributed by atoms with Crippen LogP contribution < -0.4 is 15.8 Å². The Balaban J connectivity index is 0.00000288. The van der Waals surface area contributed by atoms with Gasteiger partial charge in [-0.05, 0) is 36.6 Å². The van der Waals surface area contributed by atoms with Crippen LogP contribution in [0, 0.1) is 5.92 Å². The fourth-order valence-electron chi connectivity index (χ4n) is 2.29. The van der Waals surface area contributed by atoms with E-state index in [4.69, 9.17) is 10.5 Å². The predicted molar refractivity (Wildman–Crippen MR) is 108 cm³/mol. The van der Waals surface area contributed by atoms with E-state index in [1.165, 1.54) is 11.3 Å². The van der Waals surface area contributed by atoms with Gasteiger partial charge < -0.3 is 15.8 Å². The molecule has 1 unspecified atom stereocenters. The van der Waals surface area contributed by atoms with Gasteiger partial charge in [0.25, 0.3) is 5.91 Å². The van der Waals surface area contributed by atoms with Crippen molar-refractivity contribution in [3.8, 4) is 16.3 Å². The number of thiazole rings is 1. The van der Waals surface area contributed by atoms with Gasteiger partial charge in [-0.3, -0.25) is 4.79 Å². The van der Waals surface area contributed by atoms with Crippen LogP contribution in [-0.4, -0.2) is 30.6 Å². The molecule has 0 spiro atoms. The second-order valence-electron chi connectivity index (χ2n) is 5.80. The number of nitrogens with zero attached hydrogens (tertiary/aromatic N) is 1. The van der Waals surface area contributed by atoms with Crippen molar-refractivity contribution < 1.29 is 9.53 Å². The van der Waals surface area contributed by atoms with Gasteiger partial charge in [-0.2, -0.15) is 0 Å². The highest BCUT2D eigenvalue weighted by Gasteiger charge is 2.16. The van der Waals surface area contributed by atoms with Gasteiger partial charge in [0.15, 0.2) is 0 Å². The summed E-state index contributed by atoms with van der Waals surface area (Å²) in [5.41, 5.74) is 7.13. The van der Waals surface area contributed by atoms with E-state index in [-0.39, 0.29) is 36.8 Å². The number of hydrogen-bond donors (Lipinski definition) is 2. The van der Waals surface area contributed by atoms with Crippen LogP contribution in [0.15, 0.2) is 29.6 Å². The molecule has 1 aromatic heterocycles. The largest absolute Gasteiger partial charge is 0.497 e. The molecule has 0 aliphatic heterocycles. The van der Waals surface area contributed by atoms with Crippen molar-refractivity contribution in [1.29, 1.82) is 0 Å². The maximum atomic E-state index is 12.3. The number of carbonyl (C=O) groups excluding carboxylic acids is 1. The van der Waals surface area contributed by atoms with Gasteiger partial charge in [-0.15, -0.1) is 36.2 Å². The Morgan fingerprint density at radius 1 is 1.28 bits per heavy atom. The summed E-state index contributed by atoms with van der Waals surface area (Å²) in [5, 5.41) is 5.54. The van der Waals surface area contributed by atoms with E-state index < -0.39 is 0 Å². The zero-order valence-corrected chi connectivity index (χ0v) is 17.0. The molecule has 1 amide bonds. The molecule has 5 nitrogen and oxygen atoms in total. The van der Waals surface area contributed by atoms with Gasteiger partial charge in [-0.25, -0.2) is 4.98 Å². The minimum absolute atomic E-state index is 0. The van der Waals surface area contributed by atoms with Crippen molar-refractivity contribution in [1.82, 2.24) is 10.3 Å². The Bertz CT molecular complexity index is 648. The minimum atomic E-state index is -0.169. The molecule has 0 saturated heterocycles. The average molecular weight is 406 g/mol. The number of nitrogens with two attached hydrogens (primary N) is 1. The van der Waals surface area contributed by atoms with Gasteiger partial charge in [0.1, 0.15) is 16.5 Å². The average Bonchev–Trinajstić information content (AvgIpc) is 3.04. The lowest BCUT2D eigenvalue weighted by atomic mass is 10.0. The summed E-state index contributed by atoms with van der Waals surface area (Å²) in [6.07, 6.45) is 0.859. The molecular formula is C17H25Cl2N3O2S. The summed E-state index contributed by atoms with van der Waals surface area (Å²) < 4.78 is 5.14. The first-order chi connectivity index (χ1) is 11.0. The van der Waals surface area contributed by atoms with E-state index in [9.17, 15) is 4.79 Å². The van der Waals surface area contributed by atoms with Crippen molar-refractivity contribution >= 4 is 42.1 Å². The monoisotopic (exact) mass is 405 g/mol. The molecule has 2 rings (SSSR count). The van der Waals surface area contributed by atoms with Crippen LogP contribution in [0.2, 0.25) is 0 Å². The zero-order chi connectivity index (χ0) is 16.8. The minimum Gasteiger partial charge on any atom is -0.497 e. The van der Waals surface area contributed by atoms with E-state index in [1.807, 2.05) is 24.3 Å². The normalized spacial score (nSPS) is 11.2. The maximum absolute atomic E-state index is 12.3. The first kappa shape index (κ1) is 23.7. The van der Waals surface area contributed by atoms with Crippen LogP contribution in [0.25, 0.3) is 10.6 Å². The highest BCUT2D eigenvalue weighted by molar-refractivity contribution is 7.13. The fraction of sp³-hybridized carbons (Fsp3) is 0.412. The number of benzene rings is 1. The van der Waals surface area contributed by atoms with Crippen LogP contribution in [-0.2, 0) is 0 Å². The zero-order valence-electron chi connectivity index (χ0n) is 14.5. The van der Waals surface area contributed by atoms with Crippen molar-refractivity contribution in [3.63, 3.8) is 0 Å². The highest BCUT2D eigenvalue weighted by atomic mass is 35.5. The molecule has 0 fully saturated rings. The molecule has 8 heteroatoms. The third-order valence-corrected chi connectivity index (χ3v) is 4.34. The molecule has 140 valence electrons. The first-order valence-corrected chi connectivity index (χ1v) is 8.52. The Hall–Kier alpha value is -1.34. The summed E-state index contributed by atoms with van der Waals surface area (Å²) in [7, 11) is 1.63. The number of halogens is 2. The van der Waals surface area contributed by atoms with Gasteiger partial charge in [0, 0.05) is 23.5 Å². The molecular weight excluding hydrogens is 381 g/mol. The molecule has 1 heterocycles. The number of amides is 1. The van der Waals surface area contributed by atoms with Crippen LogP contribution in [0.3, 0.4) is 0 Å². The summed E-state index contributed by atoms with van der Waals surface area (Å²) in [4.78, 5) is 16.7. The predicted octanol–water partition coefficient (Wildman–Crippen LogP) is 3.77. The van der Waals surface area contributed by atoms with E-state index in [1.54, 1.807) is 12.5 Å². The Kier molecular flexibility index (Phi) is 10.7. The molecule has 25 heavy (non-hydrogen) atoms. The molecule has 0 radical (unpaired) electrons. The second-order valence-corrected chi connectivity index (χ2v) is 6.66. The molecule has 0 bridgehead atoms. The van der Waals surface area contributed by atoms with E-state index in [0.29, 0.717) is 18.2 Å². The number of ether oxygens (including phenoxy) is 1. The van der Waals surface area contributed by atoms with Gasteiger partial charge >= 0.3 is 0 Å². The Morgan fingerprint density at radius 3 is 2.44 bits per heavy atom. The lowest BCUT2D eigenvalue weighted by molar-refractivity contribution is 0.0929. The molecule has 0 aliphatic carbocycles. The first-order valence-electron chi connectivity index (χ1n) is 7.64. The van der Waals surface area contributed by atoms with Crippen molar-refractivity contribution in [2.75, 3.05) is 13.7 Å².